The lowest BCUT2D eigenvalue weighted by atomic mass is 10.1. The van der Waals surface area contributed by atoms with Crippen molar-refractivity contribution in [3.63, 3.8) is 0 Å². The normalized spacial score (nSPS) is 14.1. The van der Waals surface area contributed by atoms with E-state index in [2.05, 4.69) is 32.1 Å². The van der Waals surface area contributed by atoms with Crippen LogP contribution < -0.4 is 15.4 Å². The van der Waals surface area contributed by atoms with Crippen LogP contribution in [-0.4, -0.2) is 47.0 Å². The molecule has 3 aromatic rings. The van der Waals surface area contributed by atoms with E-state index in [1.165, 1.54) is 37.7 Å². The Morgan fingerprint density at radius 2 is 1.97 bits per heavy atom. The maximum Gasteiger partial charge on any atom is 0.266 e. The molecule has 1 aromatic heterocycles. The van der Waals surface area contributed by atoms with Crippen molar-refractivity contribution >= 4 is 57.2 Å². The maximum absolute atomic E-state index is 13.5. The van der Waals surface area contributed by atoms with Crippen molar-refractivity contribution in [1.29, 1.82) is 0 Å². The molecule has 0 unspecified atom stereocenters. The fraction of sp³-hybridized carbons (Fsp3) is 0.292. The van der Waals surface area contributed by atoms with Gasteiger partial charge in [-0.2, -0.15) is 0 Å². The van der Waals surface area contributed by atoms with E-state index in [4.69, 9.17) is 27.9 Å². The summed E-state index contributed by atoms with van der Waals surface area (Å²) in [4.78, 5) is 23.3. The maximum atomic E-state index is 13.5. The molecule has 178 valence electrons. The Morgan fingerprint density at radius 1 is 1.18 bits per heavy atom. The van der Waals surface area contributed by atoms with Gasteiger partial charge in [-0.25, -0.2) is 14.4 Å². The summed E-state index contributed by atoms with van der Waals surface area (Å²) in [6, 6.07) is 7.72. The van der Waals surface area contributed by atoms with Crippen LogP contribution in [0.1, 0.15) is 19.3 Å². The first-order valence-electron chi connectivity index (χ1n) is 10.9. The van der Waals surface area contributed by atoms with E-state index < -0.39 is 11.7 Å². The quantitative estimate of drug-likeness (QED) is 0.382. The second-order valence-electron chi connectivity index (χ2n) is 7.95. The van der Waals surface area contributed by atoms with E-state index in [-0.39, 0.29) is 10.1 Å². The van der Waals surface area contributed by atoms with Gasteiger partial charge in [-0.05, 0) is 50.2 Å². The molecule has 2 aromatic carbocycles. The predicted molar refractivity (Wildman–Crippen MR) is 134 cm³/mol. The zero-order valence-corrected chi connectivity index (χ0v) is 19.9. The van der Waals surface area contributed by atoms with E-state index in [9.17, 15) is 9.18 Å². The lowest BCUT2D eigenvalue weighted by Crippen LogP contribution is -2.33. The third-order valence-electron chi connectivity index (χ3n) is 5.53. The van der Waals surface area contributed by atoms with Crippen LogP contribution in [0, 0.1) is 5.82 Å². The van der Waals surface area contributed by atoms with Crippen LogP contribution in [0.3, 0.4) is 0 Å². The van der Waals surface area contributed by atoms with E-state index in [0.29, 0.717) is 40.5 Å². The van der Waals surface area contributed by atoms with Crippen molar-refractivity contribution < 1.29 is 13.9 Å². The zero-order chi connectivity index (χ0) is 24.1. The van der Waals surface area contributed by atoms with E-state index in [1.54, 1.807) is 18.2 Å². The molecule has 0 saturated carbocycles. The molecule has 2 heterocycles. The van der Waals surface area contributed by atoms with Gasteiger partial charge in [0.05, 0.1) is 21.3 Å². The van der Waals surface area contributed by atoms with Crippen LogP contribution in [0.2, 0.25) is 5.02 Å². The first kappa shape index (κ1) is 24.2. The van der Waals surface area contributed by atoms with Gasteiger partial charge in [-0.3, -0.25) is 9.69 Å². The third kappa shape index (κ3) is 5.94. The number of nitrogens with zero attached hydrogens (tertiary/aromatic N) is 3. The SMILES string of the molecule is C=C(Cl)C(=O)Nc1cc2c(Nc3ccc(F)c(Cl)c3)ncnc2cc1OCCN1CCCCC1. The third-order valence-corrected chi connectivity index (χ3v) is 5.99. The number of carbonyl (C=O) groups excluding carboxylic acids is 1. The number of hydrogen-bond acceptors (Lipinski definition) is 6. The number of ether oxygens (including phenoxy) is 1. The Hall–Kier alpha value is -2.94. The van der Waals surface area contributed by atoms with Gasteiger partial charge in [-0.15, -0.1) is 0 Å². The lowest BCUT2D eigenvalue weighted by Gasteiger charge is -2.26. The number of carbonyl (C=O) groups is 1. The topological polar surface area (TPSA) is 79.4 Å². The summed E-state index contributed by atoms with van der Waals surface area (Å²) in [6.45, 7) is 6.85. The number of nitrogens with one attached hydrogen (secondary N) is 2. The molecule has 1 aliphatic heterocycles. The minimum atomic E-state index is -0.543. The van der Waals surface area contributed by atoms with Crippen LogP contribution in [-0.2, 0) is 4.79 Å². The van der Waals surface area contributed by atoms with Gasteiger partial charge < -0.3 is 15.4 Å². The summed E-state index contributed by atoms with van der Waals surface area (Å²) in [5, 5.41) is 6.30. The number of aromatic nitrogens is 2. The van der Waals surface area contributed by atoms with Crippen molar-refractivity contribution in [3.05, 3.63) is 59.1 Å². The van der Waals surface area contributed by atoms with Crippen LogP contribution >= 0.6 is 23.2 Å². The van der Waals surface area contributed by atoms with Crippen LogP contribution in [0.25, 0.3) is 10.9 Å². The first-order chi connectivity index (χ1) is 16.4. The van der Waals surface area contributed by atoms with Crippen molar-refractivity contribution in [2.75, 3.05) is 36.9 Å². The standard InChI is InChI=1S/C24H24Cl2FN5O2/c1-15(25)24(33)31-21-12-17-20(13-22(21)34-10-9-32-7-3-2-4-8-32)28-14-29-23(17)30-16-5-6-19(27)18(26)11-16/h5-6,11-14H,1-4,7-10H2,(H,31,33)(H,28,29,30). The van der Waals surface area contributed by atoms with Gasteiger partial charge >= 0.3 is 0 Å². The average Bonchev–Trinajstić information content (AvgIpc) is 2.82. The molecule has 1 amide bonds. The zero-order valence-electron chi connectivity index (χ0n) is 18.4. The molecule has 1 saturated heterocycles. The highest BCUT2D eigenvalue weighted by Crippen LogP contribution is 2.34. The summed E-state index contributed by atoms with van der Waals surface area (Å²) in [7, 11) is 0. The Morgan fingerprint density at radius 3 is 2.71 bits per heavy atom. The number of halogens is 3. The minimum absolute atomic E-state index is 0.0127. The smallest absolute Gasteiger partial charge is 0.266 e. The van der Waals surface area contributed by atoms with Gasteiger partial charge in [-0.1, -0.05) is 36.2 Å². The largest absolute Gasteiger partial charge is 0.490 e. The van der Waals surface area contributed by atoms with Crippen LogP contribution in [0.5, 0.6) is 5.75 Å². The van der Waals surface area contributed by atoms with Crippen molar-refractivity contribution in [2.45, 2.75) is 19.3 Å². The fourth-order valence-electron chi connectivity index (χ4n) is 3.77. The molecule has 7 nitrogen and oxygen atoms in total. The molecule has 10 heteroatoms. The van der Waals surface area contributed by atoms with Crippen LogP contribution in [0.4, 0.5) is 21.6 Å². The Labute approximate surface area is 206 Å². The molecule has 4 rings (SSSR count). The number of fused-ring (bicyclic) bond motifs is 1. The summed E-state index contributed by atoms with van der Waals surface area (Å²) in [6.07, 6.45) is 5.06. The lowest BCUT2D eigenvalue weighted by molar-refractivity contribution is -0.112. The summed E-state index contributed by atoms with van der Waals surface area (Å²) in [5.74, 6) is -0.144. The highest BCUT2D eigenvalue weighted by Gasteiger charge is 2.16. The summed E-state index contributed by atoms with van der Waals surface area (Å²) >= 11 is 11.7. The monoisotopic (exact) mass is 503 g/mol. The number of hydrogen-bond donors (Lipinski definition) is 2. The molecule has 2 N–H and O–H groups in total. The number of rotatable bonds is 8. The Bertz CT molecular complexity index is 1220. The number of benzene rings is 2. The van der Waals surface area contributed by atoms with Gasteiger partial charge in [0.15, 0.2) is 0 Å². The fourth-order valence-corrected chi connectivity index (χ4v) is 4.00. The highest BCUT2D eigenvalue weighted by molar-refractivity contribution is 6.43. The van der Waals surface area contributed by atoms with Crippen LogP contribution in [0.15, 0.2) is 48.3 Å². The molecule has 0 aliphatic carbocycles. The number of piperidine rings is 1. The molecule has 0 radical (unpaired) electrons. The molecule has 1 aliphatic rings. The molecular formula is C24H24Cl2FN5O2. The highest BCUT2D eigenvalue weighted by atomic mass is 35.5. The Balaban J connectivity index is 1.63. The summed E-state index contributed by atoms with van der Waals surface area (Å²) < 4.78 is 19.6. The number of anilines is 3. The summed E-state index contributed by atoms with van der Waals surface area (Å²) in [5.41, 5.74) is 1.56. The van der Waals surface area contributed by atoms with Gasteiger partial charge in [0.25, 0.3) is 5.91 Å². The average molecular weight is 504 g/mol. The second-order valence-corrected chi connectivity index (χ2v) is 8.81. The molecule has 0 bridgehead atoms. The van der Waals surface area contributed by atoms with Crippen molar-refractivity contribution in [1.82, 2.24) is 14.9 Å². The van der Waals surface area contributed by atoms with Gasteiger partial charge in [0.1, 0.15) is 30.3 Å². The van der Waals surface area contributed by atoms with E-state index in [0.717, 1.165) is 19.6 Å². The second kappa shape index (κ2) is 11.0. The first-order valence-corrected chi connectivity index (χ1v) is 11.7. The molecule has 0 atom stereocenters. The molecule has 34 heavy (non-hydrogen) atoms. The van der Waals surface area contributed by atoms with E-state index in [1.807, 2.05) is 0 Å². The molecular weight excluding hydrogens is 480 g/mol. The number of likely N-dealkylation sites (tertiary alicyclic amines) is 1. The molecule has 1 fully saturated rings. The predicted octanol–water partition coefficient (Wildman–Crippen LogP) is 5.72. The van der Waals surface area contributed by atoms with Gasteiger partial charge in [0.2, 0.25) is 0 Å². The van der Waals surface area contributed by atoms with Crippen molar-refractivity contribution in [3.8, 4) is 5.75 Å². The Kier molecular flexibility index (Phi) is 7.82. The molecule has 0 spiro atoms. The number of amides is 1. The minimum Gasteiger partial charge on any atom is -0.490 e. The van der Waals surface area contributed by atoms with E-state index >= 15 is 0 Å². The van der Waals surface area contributed by atoms with Gasteiger partial charge in [0, 0.05) is 23.7 Å². The van der Waals surface area contributed by atoms with Crippen molar-refractivity contribution in [2.24, 2.45) is 0 Å².